The summed E-state index contributed by atoms with van der Waals surface area (Å²) in [4.78, 5) is 1.42. The molecule has 0 spiro atoms. The van der Waals surface area contributed by atoms with Gasteiger partial charge in [0.05, 0.1) is 0 Å². The maximum Gasteiger partial charge on any atom is 0.124 e. The number of piperidine rings is 1. The van der Waals surface area contributed by atoms with Gasteiger partial charge in [0.1, 0.15) is 11.9 Å². The van der Waals surface area contributed by atoms with Gasteiger partial charge in [-0.3, -0.25) is 0 Å². The lowest BCUT2D eigenvalue weighted by Gasteiger charge is -2.24. The van der Waals surface area contributed by atoms with Gasteiger partial charge in [-0.15, -0.1) is 11.8 Å². The van der Waals surface area contributed by atoms with E-state index in [0.29, 0.717) is 6.10 Å². The monoisotopic (exact) mass is 235 g/mol. The van der Waals surface area contributed by atoms with E-state index in [-0.39, 0.29) is 0 Å². The van der Waals surface area contributed by atoms with Gasteiger partial charge < -0.3 is 10.1 Å². The highest BCUT2D eigenvalue weighted by Crippen LogP contribution is 2.37. The maximum atomic E-state index is 6.14. The van der Waals surface area contributed by atoms with Crippen molar-refractivity contribution in [3.8, 4) is 5.75 Å². The first-order valence-electron chi connectivity index (χ1n) is 6.05. The minimum atomic E-state index is 0.415. The topological polar surface area (TPSA) is 21.3 Å². The van der Waals surface area contributed by atoms with Gasteiger partial charge >= 0.3 is 0 Å². The summed E-state index contributed by atoms with van der Waals surface area (Å²) >= 11 is 1.95. The SMILES string of the molecule is c1cc(OC2CCNCC2)c2c(c1)SCC2. The fourth-order valence-electron chi connectivity index (χ4n) is 2.39. The van der Waals surface area contributed by atoms with Crippen LogP contribution in [0.5, 0.6) is 5.75 Å². The van der Waals surface area contributed by atoms with Crippen LogP contribution < -0.4 is 10.1 Å². The molecule has 1 aromatic rings. The van der Waals surface area contributed by atoms with Crippen molar-refractivity contribution < 1.29 is 4.74 Å². The van der Waals surface area contributed by atoms with Crippen LogP contribution in [-0.2, 0) is 6.42 Å². The van der Waals surface area contributed by atoms with E-state index in [1.54, 1.807) is 0 Å². The molecular formula is C13H17NOS. The molecule has 2 nitrogen and oxygen atoms in total. The van der Waals surface area contributed by atoms with E-state index in [9.17, 15) is 0 Å². The number of ether oxygens (including phenoxy) is 1. The second-order valence-electron chi connectivity index (χ2n) is 4.40. The summed E-state index contributed by atoms with van der Waals surface area (Å²) in [5, 5.41) is 3.37. The van der Waals surface area contributed by atoms with Crippen LogP contribution in [0.25, 0.3) is 0 Å². The fraction of sp³-hybridized carbons (Fsp3) is 0.538. The number of rotatable bonds is 2. The Hall–Kier alpha value is -0.670. The molecule has 86 valence electrons. The van der Waals surface area contributed by atoms with Crippen molar-refractivity contribution in [2.75, 3.05) is 18.8 Å². The molecule has 3 rings (SSSR count). The van der Waals surface area contributed by atoms with Crippen LogP contribution in [0.1, 0.15) is 18.4 Å². The third-order valence-electron chi connectivity index (χ3n) is 3.28. The van der Waals surface area contributed by atoms with E-state index in [0.717, 1.165) is 31.7 Å². The normalized spacial score (nSPS) is 20.8. The van der Waals surface area contributed by atoms with Crippen LogP contribution in [0.2, 0.25) is 0 Å². The van der Waals surface area contributed by atoms with Gasteiger partial charge in [0.25, 0.3) is 0 Å². The molecule has 0 unspecified atom stereocenters. The fourth-order valence-corrected chi connectivity index (χ4v) is 3.47. The largest absolute Gasteiger partial charge is 0.490 e. The van der Waals surface area contributed by atoms with Crippen LogP contribution in [0.4, 0.5) is 0 Å². The molecule has 2 heterocycles. The van der Waals surface area contributed by atoms with E-state index in [1.165, 1.54) is 22.6 Å². The minimum absolute atomic E-state index is 0.415. The van der Waals surface area contributed by atoms with E-state index in [2.05, 4.69) is 23.5 Å². The summed E-state index contributed by atoms with van der Waals surface area (Å²) in [6.45, 7) is 2.18. The number of hydrogen-bond acceptors (Lipinski definition) is 3. The lowest BCUT2D eigenvalue weighted by molar-refractivity contribution is 0.161. The molecule has 0 amide bonds. The summed E-state index contributed by atoms with van der Waals surface area (Å²) in [5.74, 6) is 2.34. The number of nitrogens with one attached hydrogen (secondary N) is 1. The first-order chi connectivity index (χ1) is 7.93. The summed E-state index contributed by atoms with van der Waals surface area (Å²) in [6.07, 6.45) is 3.85. The standard InChI is InChI=1S/C13H17NOS/c1-2-12(11-6-9-16-13(11)3-1)15-10-4-7-14-8-5-10/h1-3,10,14H,4-9H2. The number of hydrogen-bond donors (Lipinski definition) is 1. The van der Waals surface area contributed by atoms with Crippen LogP contribution in [0.15, 0.2) is 23.1 Å². The van der Waals surface area contributed by atoms with Crippen molar-refractivity contribution in [3.63, 3.8) is 0 Å². The van der Waals surface area contributed by atoms with Gasteiger partial charge in [0.15, 0.2) is 0 Å². The average molecular weight is 235 g/mol. The zero-order chi connectivity index (χ0) is 10.8. The van der Waals surface area contributed by atoms with E-state index < -0.39 is 0 Å². The Balaban J connectivity index is 1.76. The molecule has 1 saturated heterocycles. The second-order valence-corrected chi connectivity index (χ2v) is 5.54. The van der Waals surface area contributed by atoms with E-state index in [1.807, 2.05) is 11.8 Å². The van der Waals surface area contributed by atoms with E-state index in [4.69, 9.17) is 4.74 Å². The molecule has 1 fully saturated rings. The predicted molar refractivity (Wildman–Crippen MR) is 67.4 cm³/mol. The van der Waals surface area contributed by atoms with Crippen LogP contribution >= 0.6 is 11.8 Å². The molecule has 0 aromatic heterocycles. The van der Waals surface area contributed by atoms with Crippen LogP contribution in [0.3, 0.4) is 0 Å². The second kappa shape index (κ2) is 4.68. The molecule has 1 aromatic carbocycles. The summed E-state index contributed by atoms with van der Waals surface area (Å²) in [7, 11) is 0. The van der Waals surface area contributed by atoms with Gasteiger partial charge in [-0.25, -0.2) is 0 Å². The first kappa shape index (κ1) is 10.5. The van der Waals surface area contributed by atoms with Gasteiger partial charge in [-0.2, -0.15) is 0 Å². The van der Waals surface area contributed by atoms with Gasteiger partial charge in [-0.05, 0) is 44.5 Å². The molecule has 0 saturated carbocycles. The molecule has 2 aliphatic rings. The molecule has 3 heteroatoms. The van der Waals surface area contributed by atoms with Gasteiger partial charge in [-0.1, -0.05) is 6.07 Å². The highest BCUT2D eigenvalue weighted by molar-refractivity contribution is 7.99. The summed E-state index contributed by atoms with van der Waals surface area (Å²) < 4.78 is 6.14. The lowest BCUT2D eigenvalue weighted by atomic mass is 10.1. The summed E-state index contributed by atoms with van der Waals surface area (Å²) in [6, 6.07) is 6.46. The lowest BCUT2D eigenvalue weighted by Crippen LogP contribution is -2.34. The molecule has 0 atom stereocenters. The average Bonchev–Trinajstić information content (AvgIpc) is 2.80. The Labute approximate surface area is 101 Å². The third-order valence-corrected chi connectivity index (χ3v) is 4.38. The molecular weight excluding hydrogens is 218 g/mol. The molecule has 16 heavy (non-hydrogen) atoms. The zero-order valence-corrected chi connectivity index (χ0v) is 10.2. The predicted octanol–water partition coefficient (Wildman–Crippen LogP) is 2.47. The number of fused-ring (bicyclic) bond motifs is 1. The van der Waals surface area contributed by atoms with Crippen molar-refractivity contribution in [3.05, 3.63) is 23.8 Å². The molecule has 1 N–H and O–H groups in total. The van der Waals surface area contributed by atoms with Gasteiger partial charge in [0.2, 0.25) is 0 Å². The molecule has 2 aliphatic heterocycles. The Morgan fingerprint density at radius 3 is 3.00 bits per heavy atom. The van der Waals surface area contributed by atoms with Crippen LogP contribution in [0, 0.1) is 0 Å². The highest BCUT2D eigenvalue weighted by Gasteiger charge is 2.20. The van der Waals surface area contributed by atoms with Crippen molar-refractivity contribution >= 4 is 11.8 Å². The van der Waals surface area contributed by atoms with E-state index >= 15 is 0 Å². The Morgan fingerprint density at radius 2 is 2.12 bits per heavy atom. The van der Waals surface area contributed by atoms with Crippen molar-refractivity contribution in [2.24, 2.45) is 0 Å². The van der Waals surface area contributed by atoms with Crippen LogP contribution in [-0.4, -0.2) is 24.9 Å². The molecule has 0 bridgehead atoms. The smallest absolute Gasteiger partial charge is 0.124 e. The quantitative estimate of drug-likeness (QED) is 0.851. The Morgan fingerprint density at radius 1 is 1.25 bits per heavy atom. The minimum Gasteiger partial charge on any atom is -0.490 e. The van der Waals surface area contributed by atoms with Crippen molar-refractivity contribution in [1.82, 2.24) is 5.32 Å². The number of thioether (sulfide) groups is 1. The Bertz CT molecular complexity index is 374. The third kappa shape index (κ3) is 2.06. The maximum absolute atomic E-state index is 6.14. The molecule has 0 radical (unpaired) electrons. The van der Waals surface area contributed by atoms with Crippen molar-refractivity contribution in [1.29, 1.82) is 0 Å². The van der Waals surface area contributed by atoms with Crippen molar-refractivity contribution in [2.45, 2.75) is 30.3 Å². The highest BCUT2D eigenvalue weighted by atomic mass is 32.2. The zero-order valence-electron chi connectivity index (χ0n) is 9.37. The number of benzene rings is 1. The van der Waals surface area contributed by atoms with Gasteiger partial charge in [0, 0.05) is 16.2 Å². The Kier molecular flexibility index (Phi) is 3.06. The first-order valence-corrected chi connectivity index (χ1v) is 7.04. The summed E-state index contributed by atoms with van der Waals surface area (Å²) in [5.41, 5.74) is 1.44. The molecule has 0 aliphatic carbocycles.